The van der Waals surface area contributed by atoms with Crippen molar-refractivity contribution in [2.24, 2.45) is 7.05 Å². The van der Waals surface area contributed by atoms with Crippen LogP contribution in [0.1, 0.15) is 18.3 Å². The number of benzene rings is 1. The van der Waals surface area contributed by atoms with Crippen LogP contribution >= 0.6 is 27.7 Å². The molecule has 2 aromatic rings. The van der Waals surface area contributed by atoms with E-state index in [4.69, 9.17) is 5.73 Å². The molecule has 0 amide bonds. The molecule has 2 rings (SSSR count). The van der Waals surface area contributed by atoms with Crippen molar-refractivity contribution in [1.29, 1.82) is 0 Å². The molecule has 1 aromatic carbocycles. The first kappa shape index (κ1) is 13.5. The average molecular weight is 326 g/mol. The first-order valence-corrected chi connectivity index (χ1v) is 7.57. The lowest BCUT2D eigenvalue weighted by molar-refractivity contribution is 0.720. The van der Waals surface area contributed by atoms with E-state index in [1.807, 2.05) is 29.9 Å². The van der Waals surface area contributed by atoms with Crippen molar-refractivity contribution in [2.45, 2.75) is 24.0 Å². The monoisotopic (exact) mass is 325 g/mol. The summed E-state index contributed by atoms with van der Waals surface area (Å²) in [4.78, 5) is 1.20. The quantitative estimate of drug-likeness (QED) is 0.689. The second-order valence-electron chi connectivity index (χ2n) is 4.08. The number of aryl methyl sites for hydroxylation is 2. The van der Waals surface area contributed by atoms with E-state index in [2.05, 4.69) is 34.0 Å². The summed E-state index contributed by atoms with van der Waals surface area (Å²) in [6.45, 7) is 2.12. The zero-order valence-electron chi connectivity index (χ0n) is 10.5. The normalized spacial score (nSPS) is 10.8. The van der Waals surface area contributed by atoms with E-state index in [0.717, 1.165) is 28.0 Å². The van der Waals surface area contributed by atoms with E-state index in [1.54, 1.807) is 11.8 Å². The summed E-state index contributed by atoms with van der Waals surface area (Å²) in [5.41, 5.74) is 8.88. The number of hydrogen-bond donors (Lipinski definition) is 1. The fraction of sp³-hybridized carbons (Fsp3) is 0.308. The Morgan fingerprint density at radius 2 is 2.17 bits per heavy atom. The Balaban J connectivity index is 2.08. The smallest absolute Gasteiger partial charge is 0.0625 e. The van der Waals surface area contributed by atoms with Crippen LogP contribution in [0.5, 0.6) is 0 Å². The third-order valence-corrected chi connectivity index (χ3v) is 4.75. The predicted molar refractivity (Wildman–Crippen MR) is 80.7 cm³/mol. The standard InChI is InChI=1S/C13H16BrN3S/c1-3-10-7-11(17(2)16-10)8-18-13-5-4-9(15)6-12(13)14/h4-7H,3,8,15H2,1-2H3. The number of thioether (sulfide) groups is 1. The number of nitrogen functional groups attached to an aromatic ring is 1. The maximum Gasteiger partial charge on any atom is 0.0625 e. The van der Waals surface area contributed by atoms with Crippen molar-refractivity contribution in [3.8, 4) is 0 Å². The molecule has 0 aliphatic rings. The highest BCUT2D eigenvalue weighted by Gasteiger charge is 2.06. The second-order valence-corrected chi connectivity index (χ2v) is 5.95. The molecular weight excluding hydrogens is 310 g/mol. The van der Waals surface area contributed by atoms with Crippen LogP contribution in [-0.4, -0.2) is 9.78 Å². The number of halogens is 1. The van der Waals surface area contributed by atoms with Crippen LogP contribution in [0.25, 0.3) is 0 Å². The molecule has 0 aliphatic carbocycles. The molecule has 18 heavy (non-hydrogen) atoms. The zero-order chi connectivity index (χ0) is 13.1. The van der Waals surface area contributed by atoms with Crippen molar-refractivity contribution in [3.05, 3.63) is 40.1 Å². The van der Waals surface area contributed by atoms with Crippen LogP contribution in [-0.2, 0) is 19.2 Å². The molecule has 5 heteroatoms. The van der Waals surface area contributed by atoms with Gasteiger partial charge in [0.25, 0.3) is 0 Å². The van der Waals surface area contributed by atoms with Crippen molar-refractivity contribution < 1.29 is 0 Å². The highest BCUT2D eigenvalue weighted by Crippen LogP contribution is 2.31. The highest BCUT2D eigenvalue weighted by molar-refractivity contribution is 9.10. The molecule has 0 unspecified atom stereocenters. The summed E-state index contributed by atoms with van der Waals surface area (Å²) in [6, 6.07) is 8.07. The van der Waals surface area contributed by atoms with Crippen molar-refractivity contribution in [3.63, 3.8) is 0 Å². The van der Waals surface area contributed by atoms with Gasteiger partial charge < -0.3 is 5.73 Å². The van der Waals surface area contributed by atoms with Crippen LogP contribution < -0.4 is 5.73 Å². The molecule has 2 N–H and O–H groups in total. The Hall–Kier alpha value is -0.940. The van der Waals surface area contributed by atoms with Crippen LogP contribution in [0.15, 0.2) is 33.6 Å². The first-order chi connectivity index (χ1) is 8.60. The SMILES string of the molecule is CCc1cc(CSc2ccc(N)cc2Br)n(C)n1. The predicted octanol–water partition coefficient (Wildman–Crippen LogP) is 3.62. The van der Waals surface area contributed by atoms with Gasteiger partial charge in [-0.3, -0.25) is 4.68 Å². The second kappa shape index (κ2) is 5.80. The summed E-state index contributed by atoms with van der Waals surface area (Å²) in [5.74, 6) is 0.909. The number of nitrogens with two attached hydrogens (primary N) is 1. The van der Waals surface area contributed by atoms with Crippen LogP contribution in [0.3, 0.4) is 0 Å². The Morgan fingerprint density at radius 3 is 2.78 bits per heavy atom. The van der Waals surface area contributed by atoms with Gasteiger partial charge in [0.05, 0.1) is 5.69 Å². The minimum Gasteiger partial charge on any atom is -0.399 e. The topological polar surface area (TPSA) is 43.8 Å². The van der Waals surface area contributed by atoms with Gasteiger partial charge in [-0.2, -0.15) is 5.10 Å². The number of aromatic nitrogens is 2. The number of nitrogens with zero attached hydrogens (tertiary/aromatic N) is 2. The lowest BCUT2D eigenvalue weighted by Crippen LogP contribution is -1.96. The van der Waals surface area contributed by atoms with Gasteiger partial charge >= 0.3 is 0 Å². The molecule has 0 radical (unpaired) electrons. The van der Waals surface area contributed by atoms with E-state index < -0.39 is 0 Å². The highest BCUT2D eigenvalue weighted by atomic mass is 79.9. The molecule has 1 heterocycles. The summed E-state index contributed by atoms with van der Waals surface area (Å²) < 4.78 is 3.00. The van der Waals surface area contributed by atoms with Gasteiger partial charge in [-0.05, 0) is 46.6 Å². The Bertz CT molecular complexity index is 551. The number of hydrogen-bond acceptors (Lipinski definition) is 3. The third kappa shape index (κ3) is 3.09. The van der Waals surface area contributed by atoms with E-state index in [-0.39, 0.29) is 0 Å². The maximum absolute atomic E-state index is 5.73. The van der Waals surface area contributed by atoms with Gasteiger partial charge in [0.15, 0.2) is 0 Å². The van der Waals surface area contributed by atoms with Crippen molar-refractivity contribution in [1.82, 2.24) is 9.78 Å². The van der Waals surface area contributed by atoms with Gasteiger partial charge in [-0.1, -0.05) is 6.92 Å². The van der Waals surface area contributed by atoms with E-state index >= 15 is 0 Å². The molecule has 96 valence electrons. The minimum absolute atomic E-state index is 0.778. The Labute approximate surface area is 120 Å². The molecular formula is C13H16BrN3S. The average Bonchev–Trinajstić information content (AvgIpc) is 2.69. The van der Waals surface area contributed by atoms with Crippen LogP contribution in [0.2, 0.25) is 0 Å². The van der Waals surface area contributed by atoms with Gasteiger partial charge in [0, 0.05) is 33.6 Å². The van der Waals surface area contributed by atoms with Crippen molar-refractivity contribution in [2.75, 3.05) is 5.73 Å². The Kier molecular flexibility index (Phi) is 4.35. The minimum atomic E-state index is 0.778. The molecule has 1 aromatic heterocycles. The van der Waals surface area contributed by atoms with Gasteiger partial charge in [-0.25, -0.2) is 0 Å². The third-order valence-electron chi connectivity index (χ3n) is 2.72. The summed E-state index contributed by atoms with van der Waals surface area (Å²) in [5, 5.41) is 4.45. The molecule has 0 saturated heterocycles. The van der Waals surface area contributed by atoms with Crippen LogP contribution in [0, 0.1) is 0 Å². The molecule has 0 saturated carbocycles. The van der Waals surface area contributed by atoms with E-state index in [0.29, 0.717) is 0 Å². The molecule has 0 bridgehead atoms. The first-order valence-electron chi connectivity index (χ1n) is 5.79. The van der Waals surface area contributed by atoms with E-state index in [9.17, 15) is 0 Å². The maximum atomic E-state index is 5.73. The Morgan fingerprint density at radius 1 is 1.39 bits per heavy atom. The molecule has 0 aliphatic heterocycles. The fourth-order valence-electron chi connectivity index (χ4n) is 1.67. The molecule has 3 nitrogen and oxygen atoms in total. The summed E-state index contributed by atoms with van der Waals surface area (Å²) in [7, 11) is 1.99. The summed E-state index contributed by atoms with van der Waals surface area (Å²) >= 11 is 5.32. The zero-order valence-corrected chi connectivity index (χ0v) is 12.9. The molecule has 0 fully saturated rings. The van der Waals surface area contributed by atoms with Crippen LogP contribution in [0.4, 0.5) is 5.69 Å². The molecule has 0 atom stereocenters. The number of rotatable bonds is 4. The largest absolute Gasteiger partial charge is 0.399 e. The van der Waals surface area contributed by atoms with E-state index in [1.165, 1.54) is 10.6 Å². The molecule has 0 spiro atoms. The van der Waals surface area contributed by atoms with Gasteiger partial charge in [0.1, 0.15) is 0 Å². The number of anilines is 1. The van der Waals surface area contributed by atoms with Gasteiger partial charge in [0.2, 0.25) is 0 Å². The van der Waals surface area contributed by atoms with Crippen molar-refractivity contribution >= 4 is 33.4 Å². The fourth-order valence-corrected chi connectivity index (χ4v) is 3.34. The van der Waals surface area contributed by atoms with Gasteiger partial charge in [-0.15, -0.1) is 11.8 Å². The lowest BCUT2D eigenvalue weighted by atomic mass is 10.3. The lowest BCUT2D eigenvalue weighted by Gasteiger charge is -2.05. The summed E-state index contributed by atoms with van der Waals surface area (Å²) in [6.07, 6.45) is 0.976.